The topological polar surface area (TPSA) is 72.7 Å². The molecule has 16 heavy (non-hydrogen) atoms. The average molecular weight is 225 g/mol. The van der Waals surface area contributed by atoms with E-state index in [4.69, 9.17) is 10.2 Å². The van der Waals surface area contributed by atoms with E-state index in [1.165, 1.54) is 12.1 Å². The monoisotopic (exact) mass is 225 g/mol. The molecule has 90 valence electrons. The van der Waals surface area contributed by atoms with Crippen molar-refractivity contribution in [3.63, 3.8) is 0 Å². The predicted molar refractivity (Wildman–Crippen MR) is 62.3 cm³/mol. The molecule has 0 amide bonds. The lowest BCUT2D eigenvalue weighted by molar-refractivity contribution is 0.209. The highest BCUT2D eigenvalue weighted by Gasteiger charge is 2.12. The number of phenolic OH excluding ortho intramolecular Hbond substituents is 2. The Morgan fingerprint density at radius 1 is 1.25 bits per heavy atom. The number of nitrogens with one attached hydrogen (secondary N) is 1. The molecule has 0 saturated carbocycles. The number of aromatic hydroxyl groups is 2. The number of benzene rings is 1. The van der Waals surface area contributed by atoms with Crippen LogP contribution in [0, 0.1) is 5.92 Å². The van der Waals surface area contributed by atoms with E-state index >= 15 is 0 Å². The predicted octanol–water partition coefficient (Wildman–Crippen LogP) is 1.20. The van der Waals surface area contributed by atoms with Crippen LogP contribution in [0.2, 0.25) is 0 Å². The number of hydrogen-bond donors (Lipinski definition) is 4. The van der Waals surface area contributed by atoms with Gasteiger partial charge in [-0.15, -0.1) is 0 Å². The maximum Gasteiger partial charge on any atom is 0.123 e. The van der Waals surface area contributed by atoms with Crippen molar-refractivity contribution in [2.24, 2.45) is 5.92 Å². The fraction of sp³-hybridized carbons (Fsp3) is 0.500. The first-order valence-electron chi connectivity index (χ1n) is 5.39. The normalized spacial score (nSPS) is 13.0. The summed E-state index contributed by atoms with van der Waals surface area (Å²) in [5, 5.41) is 31.0. The largest absolute Gasteiger partial charge is 0.508 e. The van der Waals surface area contributed by atoms with Gasteiger partial charge in [0, 0.05) is 24.2 Å². The minimum Gasteiger partial charge on any atom is -0.508 e. The third kappa shape index (κ3) is 3.40. The maximum absolute atomic E-state index is 9.55. The van der Waals surface area contributed by atoms with Crippen molar-refractivity contribution in [3.8, 4) is 11.5 Å². The molecule has 1 aromatic carbocycles. The summed E-state index contributed by atoms with van der Waals surface area (Å²) in [6.07, 6.45) is 0. The van der Waals surface area contributed by atoms with E-state index in [2.05, 4.69) is 5.32 Å². The van der Waals surface area contributed by atoms with Gasteiger partial charge in [-0.05, 0) is 12.0 Å². The van der Waals surface area contributed by atoms with Crippen LogP contribution in [0.4, 0.5) is 0 Å². The second kappa shape index (κ2) is 5.72. The first-order valence-corrected chi connectivity index (χ1v) is 5.39. The van der Waals surface area contributed by atoms with Gasteiger partial charge < -0.3 is 20.6 Å². The highest BCUT2D eigenvalue weighted by Crippen LogP contribution is 2.22. The minimum absolute atomic E-state index is 0.00760. The lowest BCUT2D eigenvalue weighted by atomic mass is 10.0. The summed E-state index contributed by atoms with van der Waals surface area (Å²) in [5.74, 6) is 0.432. The number of hydrogen-bond acceptors (Lipinski definition) is 4. The molecule has 0 saturated heterocycles. The molecule has 0 radical (unpaired) electrons. The fourth-order valence-corrected chi connectivity index (χ4v) is 1.45. The van der Waals surface area contributed by atoms with E-state index in [0.717, 1.165) is 0 Å². The number of rotatable bonds is 5. The van der Waals surface area contributed by atoms with Gasteiger partial charge in [0.2, 0.25) is 0 Å². The van der Waals surface area contributed by atoms with Crippen LogP contribution in [0.5, 0.6) is 11.5 Å². The SMILES string of the molecule is CC(C)[C@@H](CO)NCc1ccc(O)cc1O. The van der Waals surface area contributed by atoms with Crippen LogP contribution in [0.25, 0.3) is 0 Å². The van der Waals surface area contributed by atoms with E-state index in [-0.39, 0.29) is 24.1 Å². The smallest absolute Gasteiger partial charge is 0.123 e. The van der Waals surface area contributed by atoms with Gasteiger partial charge in [0.15, 0.2) is 0 Å². The molecule has 0 unspecified atom stereocenters. The van der Waals surface area contributed by atoms with Crippen molar-refractivity contribution >= 4 is 0 Å². The Morgan fingerprint density at radius 2 is 1.94 bits per heavy atom. The van der Waals surface area contributed by atoms with Crippen LogP contribution < -0.4 is 5.32 Å². The summed E-state index contributed by atoms with van der Waals surface area (Å²) in [6.45, 7) is 4.57. The lowest BCUT2D eigenvalue weighted by Crippen LogP contribution is -2.36. The number of aliphatic hydroxyl groups is 1. The van der Waals surface area contributed by atoms with Crippen molar-refractivity contribution in [1.29, 1.82) is 0 Å². The number of phenols is 2. The van der Waals surface area contributed by atoms with Gasteiger partial charge in [0.25, 0.3) is 0 Å². The Morgan fingerprint density at radius 3 is 2.44 bits per heavy atom. The Labute approximate surface area is 95.6 Å². The quantitative estimate of drug-likeness (QED) is 0.607. The molecule has 4 nitrogen and oxygen atoms in total. The third-order valence-electron chi connectivity index (χ3n) is 2.63. The summed E-state index contributed by atoms with van der Waals surface area (Å²) in [5.41, 5.74) is 0.705. The van der Waals surface area contributed by atoms with Crippen molar-refractivity contribution in [2.75, 3.05) is 6.61 Å². The first kappa shape index (κ1) is 12.8. The van der Waals surface area contributed by atoms with E-state index in [1.54, 1.807) is 6.07 Å². The molecule has 0 aliphatic rings. The maximum atomic E-state index is 9.55. The van der Waals surface area contributed by atoms with Crippen molar-refractivity contribution in [1.82, 2.24) is 5.32 Å². The summed E-state index contributed by atoms with van der Waals surface area (Å²) in [6, 6.07) is 4.50. The molecular weight excluding hydrogens is 206 g/mol. The summed E-state index contributed by atoms with van der Waals surface area (Å²) >= 11 is 0. The molecule has 0 aliphatic heterocycles. The van der Waals surface area contributed by atoms with Crippen LogP contribution in [0.3, 0.4) is 0 Å². The van der Waals surface area contributed by atoms with Gasteiger partial charge in [0.1, 0.15) is 11.5 Å². The van der Waals surface area contributed by atoms with E-state index < -0.39 is 0 Å². The van der Waals surface area contributed by atoms with Crippen molar-refractivity contribution < 1.29 is 15.3 Å². The molecule has 4 heteroatoms. The van der Waals surface area contributed by atoms with Gasteiger partial charge in [0.05, 0.1) is 6.61 Å². The minimum atomic E-state index is 0.00760. The number of aliphatic hydroxyl groups excluding tert-OH is 1. The second-order valence-corrected chi connectivity index (χ2v) is 4.23. The first-order chi connectivity index (χ1) is 7.54. The van der Waals surface area contributed by atoms with E-state index in [1.807, 2.05) is 13.8 Å². The molecule has 0 heterocycles. The molecular formula is C12H19NO3. The van der Waals surface area contributed by atoms with Gasteiger partial charge in [-0.25, -0.2) is 0 Å². The highest BCUT2D eigenvalue weighted by molar-refractivity contribution is 5.38. The highest BCUT2D eigenvalue weighted by atomic mass is 16.3. The molecule has 1 rings (SSSR count). The molecule has 1 atom stereocenters. The Balaban J connectivity index is 2.60. The molecule has 0 spiro atoms. The van der Waals surface area contributed by atoms with Gasteiger partial charge in [-0.1, -0.05) is 19.9 Å². The van der Waals surface area contributed by atoms with E-state index in [9.17, 15) is 5.11 Å². The van der Waals surface area contributed by atoms with Crippen LogP contribution in [0.15, 0.2) is 18.2 Å². The van der Waals surface area contributed by atoms with Crippen LogP contribution in [0.1, 0.15) is 19.4 Å². The summed E-state index contributed by atoms with van der Waals surface area (Å²) in [4.78, 5) is 0. The van der Waals surface area contributed by atoms with Gasteiger partial charge >= 0.3 is 0 Å². The molecule has 0 aliphatic carbocycles. The Kier molecular flexibility index (Phi) is 4.58. The van der Waals surface area contributed by atoms with Crippen LogP contribution >= 0.6 is 0 Å². The second-order valence-electron chi connectivity index (χ2n) is 4.23. The molecule has 1 aromatic rings. The Bertz CT molecular complexity index is 339. The van der Waals surface area contributed by atoms with Gasteiger partial charge in [-0.3, -0.25) is 0 Å². The zero-order valence-electron chi connectivity index (χ0n) is 9.64. The van der Waals surface area contributed by atoms with Crippen LogP contribution in [-0.4, -0.2) is 28.0 Å². The lowest BCUT2D eigenvalue weighted by Gasteiger charge is -2.20. The average Bonchev–Trinajstić information content (AvgIpc) is 2.21. The van der Waals surface area contributed by atoms with Gasteiger partial charge in [-0.2, -0.15) is 0 Å². The molecule has 0 fully saturated rings. The molecule has 0 aromatic heterocycles. The standard InChI is InChI=1S/C12H19NO3/c1-8(2)11(7-14)13-6-9-3-4-10(15)5-12(9)16/h3-5,8,11,13-16H,6-7H2,1-2H3/t11-/m1/s1. The molecule has 0 bridgehead atoms. The Hall–Kier alpha value is -1.26. The van der Waals surface area contributed by atoms with Crippen LogP contribution in [-0.2, 0) is 6.54 Å². The van der Waals surface area contributed by atoms with Crippen molar-refractivity contribution in [2.45, 2.75) is 26.4 Å². The zero-order chi connectivity index (χ0) is 12.1. The van der Waals surface area contributed by atoms with Crippen molar-refractivity contribution in [3.05, 3.63) is 23.8 Å². The summed E-state index contributed by atoms with van der Waals surface area (Å²) in [7, 11) is 0. The summed E-state index contributed by atoms with van der Waals surface area (Å²) < 4.78 is 0. The fourth-order valence-electron chi connectivity index (χ4n) is 1.45. The van der Waals surface area contributed by atoms with E-state index in [0.29, 0.717) is 18.0 Å². The zero-order valence-corrected chi connectivity index (χ0v) is 9.64. The third-order valence-corrected chi connectivity index (χ3v) is 2.63. The molecule has 4 N–H and O–H groups in total.